The third-order valence-electron chi connectivity index (χ3n) is 11.0. The molecular formula is C52H34N2S. The zero-order valence-electron chi connectivity index (χ0n) is 29.9. The van der Waals surface area contributed by atoms with E-state index in [1.807, 2.05) is 11.3 Å². The second-order valence-electron chi connectivity index (χ2n) is 14.1. The van der Waals surface area contributed by atoms with E-state index in [2.05, 4.69) is 216 Å². The van der Waals surface area contributed by atoms with Crippen molar-refractivity contribution in [3.05, 3.63) is 206 Å². The van der Waals surface area contributed by atoms with E-state index in [-0.39, 0.29) is 0 Å². The molecule has 0 atom stereocenters. The van der Waals surface area contributed by atoms with Crippen molar-refractivity contribution in [2.75, 3.05) is 4.90 Å². The zero-order chi connectivity index (χ0) is 36.3. The number of hydrogen-bond acceptors (Lipinski definition) is 2. The number of anilines is 3. The predicted octanol–water partition coefficient (Wildman–Crippen LogP) is 15.1. The molecule has 0 saturated carbocycles. The smallest absolute Gasteiger partial charge is 0.0619 e. The molecule has 55 heavy (non-hydrogen) atoms. The molecule has 0 saturated heterocycles. The van der Waals surface area contributed by atoms with Crippen LogP contribution in [0.3, 0.4) is 0 Å². The zero-order valence-corrected chi connectivity index (χ0v) is 30.7. The Bertz CT molecular complexity index is 3210. The van der Waals surface area contributed by atoms with E-state index in [9.17, 15) is 0 Å². The molecule has 3 heteroatoms. The molecule has 9 aromatic carbocycles. The topological polar surface area (TPSA) is 8.17 Å². The first kappa shape index (κ1) is 31.6. The van der Waals surface area contributed by atoms with Crippen molar-refractivity contribution in [1.82, 2.24) is 4.57 Å². The number of thiophene rings is 1. The molecule has 0 bridgehead atoms. The quantitative estimate of drug-likeness (QED) is 0.166. The predicted molar refractivity (Wildman–Crippen MR) is 237 cm³/mol. The van der Waals surface area contributed by atoms with Gasteiger partial charge in [-0.1, -0.05) is 146 Å². The fourth-order valence-electron chi connectivity index (χ4n) is 8.44. The van der Waals surface area contributed by atoms with E-state index in [0.717, 1.165) is 22.7 Å². The summed E-state index contributed by atoms with van der Waals surface area (Å²) in [4.78, 5) is 2.43. The second kappa shape index (κ2) is 12.9. The van der Waals surface area contributed by atoms with Crippen molar-refractivity contribution < 1.29 is 0 Å². The van der Waals surface area contributed by atoms with Gasteiger partial charge in [0.05, 0.1) is 16.7 Å². The summed E-state index contributed by atoms with van der Waals surface area (Å²) in [6, 6.07) is 75.2. The van der Waals surface area contributed by atoms with Crippen LogP contribution in [0.1, 0.15) is 0 Å². The number of fused-ring (bicyclic) bond motifs is 8. The molecule has 11 rings (SSSR count). The number of benzene rings is 9. The van der Waals surface area contributed by atoms with Crippen LogP contribution in [0.25, 0.3) is 80.7 Å². The first-order valence-corrected chi connectivity index (χ1v) is 19.6. The van der Waals surface area contributed by atoms with Gasteiger partial charge in [0.15, 0.2) is 0 Å². The Hall–Kier alpha value is -6.94. The number of nitrogens with zero attached hydrogens (tertiary/aromatic N) is 2. The molecule has 0 unspecified atom stereocenters. The van der Waals surface area contributed by atoms with Crippen molar-refractivity contribution in [2.24, 2.45) is 0 Å². The molecular weight excluding hydrogens is 685 g/mol. The third kappa shape index (κ3) is 5.24. The largest absolute Gasteiger partial charge is 0.310 e. The summed E-state index contributed by atoms with van der Waals surface area (Å²) in [6.07, 6.45) is 0. The maximum atomic E-state index is 2.45. The van der Waals surface area contributed by atoms with Crippen molar-refractivity contribution in [2.45, 2.75) is 0 Å². The van der Waals surface area contributed by atoms with E-state index >= 15 is 0 Å². The molecule has 2 aromatic heterocycles. The van der Waals surface area contributed by atoms with E-state index in [1.54, 1.807) is 0 Å². The normalized spacial score (nSPS) is 11.6. The summed E-state index contributed by atoms with van der Waals surface area (Å²) in [7, 11) is 0. The number of hydrogen-bond donors (Lipinski definition) is 0. The van der Waals surface area contributed by atoms with Gasteiger partial charge in [-0.15, -0.1) is 11.3 Å². The Morgan fingerprint density at radius 3 is 1.95 bits per heavy atom. The highest BCUT2D eigenvalue weighted by molar-refractivity contribution is 7.25. The van der Waals surface area contributed by atoms with Gasteiger partial charge in [-0.25, -0.2) is 0 Å². The van der Waals surface area contributed by atoms with Crippen molar-refractivity contribution in [1.29, 1.82) is 0 Å². The second-order valence-corrected chi connectivity index (χ2v) is 15.2. The van der Waals surface area contributed by atoms with Crippen LogP contribution in [-0.2, 0) is 0 Å². The Morgan fingerprint density at radius 2 is 1.05 bits per heavy atom. The highest BCUT2D eigenvalue weighted by Gasteiger charge is 2.20. The monoisotopic (exact) mass is 718 g/mol. The Kier molecular flexibility index (Phi) is 7.39. The lowest BCUT2D eigenvalue weighted by atomic mass is 9.99. The van der Waals surface area contributed by atoms with Gasteiger partial charge in [-0.2, -0.15) is 0 Å². The van der Waals surface area contributed by atoms with Crippen LogP contribution in [-0.4, -0.2) is 4.57 Å². The lowest BCUT2D eigenvalue weighted by Gasteiger charge is -2.28. The fourth-order valence-corrected chi connectivity index (χ4v) is 9.52. The SMILES string of the molecule is c1ccc(-c2ccccc2N(c2cccc(-c3ccc4c5ccc6ccccc6c5n(-c5ccccc5)c4c3)c2)c2ccc3sc4ccccc4c3c2)cc1. The number of aromatic nitrogens is 1. The summed E-state index contributed by atoms with van der Waals surface area (Å²) >= 11 is 1.86. The van der Waals surface area contributed by atoms with Crippen LogP contribution < -0.4 is 4.90 Å². The van der Waals surface area contributed by atoms with Crippen molar-refractivity contribution >= 4 is 81.1 Å². The Balaban J connectivity index is 1.13. The minimum Gasteiger partial charge on any atom is -0.310 e. The molecule has 0 aliphatic rings. The number of rotatable bonds is 6. The summed E-state index contributed by atoms with van der Waals surface area (Å²) < 4.78 is 5.05. The van der Waals surface area contributed by atoms with Gasteiger partial charge in [0.25, 0.3) is 0 Å². The van der Waals surface area contributed by atoms with Gasteiger partial charge in [-0.3, -0.25) is 0 Å². The van der Waals surface area contributed by atoms with Gasteiger partial charge < -0.3 is 9.47 Å². The lowest BCUT2D eigenvalue weighted by Crippen LogP contribution is -2.11. The first-order chi connectivity index (χ1) is 27.3. The maximum Gasteiger partial charge on any atom is 0.0619 e. The van der Waals surface area contributed by atoms with Gasteiger partial charge in [-0.05, 0) is 82.7 Å². The van der Waals surface area contributed by atoms with Crippen LogP contribution in [0.15, 0.2) is 206 Å². The van der Waals surface area contributed by atoms with Crippen molar-refractivity contribution in [3.63, 3.8) is 0 Å². The summed E-state index contributed by atoms with van der Waals surface area (Å²) in [5, 5.41) is 7.59. The summed E-state index contributed by atoms with van der Waals surface area (Å²) in [5.41, 5.74) is 11.7. The summed E-state index contributed by atoms with van der Waals surface area (Å²) in [5.74, 6) is 0. The Morgan fingerprint density at radius 1 is 0.382 bits per heavy atom. The third-order valence-corrected chi connectivity index (χ3v) is 12.1. The van der Waals surface area contributed by atoms with Crippen LogP contribution in [0.2, 0.25) is 0 Å². The molecule has 0 radical (unpaired) electrons. The minimum absolute atomic E-state index is 1.11. The van der Waals surface area contributed by atoms with Crippen LogP contribution in [0, 0.1) is 0 Å². The van der Waals surface area contributed by atoms with Crippen LogP contribution in [0.5, 0.6) is 0 Å². The van der Waals surface area contributed by atoms with E-state index < -0.39 is 0 Å². The minimum atomic E-state index is 1.11. The molecule has 2 nitrogen and oxygen atoms in total. The molecule has 0 fully saturated rings. The molecule has 0 spiro atoms. The van der Waals surface area contributed by atoms with Gasteiger partial charge in [0.1, 0.15) is 0 Å². The van der Waals surface area contributed by atoms with Crippen LogP contribution in [0.4, 0.5) is 17.1 Å². The van der Waals surface area contributed by atoms with E-state index in [1.165, 1.54) is 75.0 Å². The first-order valence-electron chi connectivity index (χ1n) is 18.8. The van der Waals surface area contributed by atoms with Gasteiger partial charge in [0, 0.05) is 59.0 Å². The van der Waals surface area contributed by atoms with Crippen LogP contribution >= 0.6 is 11.3 Å². The standard InChI is InChI=1S/C52H34N2S/c1-3-14-35(15-4-1)42-21-9-11-24-48(42)53(41-28-31-51-47(34-41)45-23-10-12-25-50(45)55-51)40-20-13-17-37(32-40)38-27-29-44-46-30-26-36-16-7-8-22-43(36)52(46)54(49(44)33-38)39-18-5-2-6-19-39/h1-34H. The molecule has 0 aliphatic carbocycles. The van der Waals surface area contributed by atoms with Gasteiger partial charge in [0.2, 0.25) is 0 Å². The molecule has 258 valence electrons. The maximum absolute atomic E-state index is 2.45. The molecule has 0 N–H and O–H groups in total. The average molecular weight is 719 g/mol. The fraction of sp³-hybridized carbons (Fsp3) is 0. The van der Waals surface area contributed by atoms with Gasteiger partial charge >= 0.3 is 0 Å². The summed E-state index contributed by atoms with van der Waals surface area (Å²) in [6.45, 7) is 0. The highest BCUT2D eigenvalue weighted by Crippen LogP contribution is 2.45. The highest BCUT2D eigenvalue weighted by atomic mass is 32.1. The molecule has 0 aliphatic heterocycles. The lowest BCUT2D eigenvalue weighted by molar-refractivity contribution is 1.19. The molecule has 11 aromatic rings. The van der Waals surface area contributed by atoms with E-state index in [4.69, 9.17) is 0 Å². The Labute approximate surface area is 323 Å². The number of para-hydroxylation sites is 2. The van der Waals surface area contributed by atoms with E-state index in [0.29, 0.717) is 0 Å². The molecule has 2 heterocycles. The van der Waals surface area contributed by atoms with Crippen molar-refractivity contribution in [3.8, 4) is 27.9 Å². The molecule has 0 amide bonds. The average Bonchev–Trinajstić information content (AvgIpc) is 3.80.